The van der Waals surface area contributed by atoms with Gasteiger partial charge in [-0.15, -0.1) is 0 Å². The van der Waals surface area contributed by atoms with E-state index in [0.29, 0.717) is 0 Å². The van der Waals surface area contributed by atoms with E-state index < -0.39 is 65.3 Å². The van der Waals surface area contributed by atoms with Gasteiger partial charge in [0.1, 0.15) is 0 Å². The third-order valence-electron chi connectivity index (χ3n) is 3.93. The second-order valence-electron chi connectivity index (χ2n) is 7.38. The third-order valence-corrected chi connectivity index (χ3v) is 3.93. The number of rotatable bonds is 8. The fourth-order valence-corrected chi connectivity index (χ4v) is 1.64. The quantitative estimate of drug-likeness (QED) is 0.212. The van der Waals surface area contributed by atoms with Crippen LogP contribution in [-0.2, 0) is 9.53 Å². The second kappa shape index (κ2) is 7.88. The van der Waals surface area contributed by atoms with Crippen molar-refractivity contribution in [1.29, 1.82) is 0 Å². The molecule has 0 fully saturated rings. The summed E-state index contributed by atoms with van der Waals surface area (Å²) in [6.07, 6.45) is -7.67. The lowest BCUT2D eigenvalue weighted by atomic mass is 9.88. The first-order valence-electron chi connectivity index (χ1n) is 7.74. The number of carbonyl (C=O) groups is 1. The van der Waals surface area contributed by atoms with Crippen LogP contribution in [0, 0.1) is 5.41 Å². The average Bonchev–Trinajstić information content (AvgIpc) is 2.56. The summed E-state index contributed by atoms with van der Waals surface area (Å²) >= 11 is 0. The van der Waals surface area contributed by atoms with Crippen LogP contribution < -0.4 is 0 Å². The molecule has 0 saturated heterocycles. The van der Waals surface area contributed by atoms with E-state index in [0.717, 1.165) is 0 Å². The Kier molecular flexibility index (Phi) is 7.43. The molecule has 17 heteroatoms. The molecule has 0 heterocycles. The highest BCUT2D eigenvalue weighted by molar-refractivity contribution is 5.89. The van der Waals surface area contributed by atoms with E-state index in [9.17, 15) is 70.7 Å². The summed E-state index contributed by atoms with van der Waals surface area (Å²) in [5.74, 6) is -49.3. The number of ether oxygens (including phenoxy) is 1. The van der Waals surface area contributed by atoms with Crippen LogP contribution in [0.3, 0.4) is 0 Å². The number of halogens is 15. The van der Waals surface area contributed by atoms with Crippen LogP contribution in [0.1, 0.15) is 20.8 Å². The minimum atomic E-state index is -8.38. The van der Waals surface area contributed by atoms with E-state index in [1.165, 1.54) is 20.8 Å². The number of hydrogen-bond donors (Lipinski definition) is 0. The number of hydrogen-bond acceptors (Lipinski definition) is 2. The molecule has 2 nitrogen and oxygen atoms in total. The molecular formula is C15H13F15O2. The van der Waals surface area contributed by atoms with Gasteiger partial charge in [0, 0.05) is 5.57 Å². The molecular weight excluding hydrogens is 497 g/mol. The van der Waals surface area contributed by atoms with Crippen molar-refractivity contribution in [3.05, 3.63) is 12.2 Å². The maximum absolute atomic E-state index is 13.5. The highest BCUT2D eigenvalue weighted by Gasteiger charge is 2.93. The van der Waals surface area contributed by atoms with Gasteiger partial charge in [0.15, 0.2) is 6.61 Å². The fraction of sp³-hybridized carbons (Fsp3) is 0.800. The van der Waals surface area contributed by atoms with Crippen molar-refractivity contribution in [1.82, 2.24) is 0 Å². The van der Waals surface area contributed by atoms with Gasteiger partial charge < -0.3 is 4.74 Å². The first-order chi connectivity index (χ1) is 13.5. The van der Waals surface area contributed by atoms with Crippen molar-refractivity contribution in [3.8, 4) is 0 Å². The SMILES string of the molecule is C=C(C(=O)OCC(F)(F)C(F)(F)C(F)(F)C(F)(F)C(F)(F)C(F)(F)C(F)(F)F)C(C)(C)C. The van der Waals surface area contributed by atoms with E-state index >= 15 is 0 Å². The molecule has 0 bridgehead atoms. The zero-order chi connectivity index (χ0) is 26.6. The van der Waals surface area contributed by atoms with Crippen molar-refractivity contribution in [2.45, 2.75) is 62.5 Å². The second-order valence-corrected chi connectivity index (χ2v) is 7.38. The van der Waals surface area contributed by atoms with Gasteiger partial charge in [-0.2, -0.15) is 65.9 Å². The van der Waals surface area contributed by atoms with E-state index in [1.54, 1.807) is 0 Å². The van der Waals surface area contributed by atoms with Gasteiger partial charge in [-0.25, -0.2) is 4.79 Å². The molecule has 32 heavy (non-hydrogen) atoms. The summed E-state index contributed by atoms with van der Waals surface area (Å²) in [5, 5.41) is 0. The van der Waals surface area contributed by atoms with Crippen LogP contribution in [0.2, 0.25) is 0 Å². The molecule has 0 aromatic heterocycles. The molecule has 0 aliphatic rings. The minimum Gasteiger partial charge on any atom is -0.456 e. The molecule has 190 valence electrons. The number of carbonyl (C=O) groups excluding carboxylic acids is 1. The minimum absolute atomic E-state index is 0.731. The Bertz CT molecular complexity index is 728. The number of alkyl halides is 15. The van der Waals surface area contributed by atoms with Gasteiger partial charge in [0.05, 0.1) is 0 Å². The first-order valence-corrected chi connectivity index (χ1v) is 7.74. The van der Waals surface area contributed by atoms with E-state index in [4.69, 9.17) is 0 Å². The van der Waals surface area contributed by atoms with Crippen LogP contribution in [0.15, 0.2) is 12.2 Å². The topological polar surface area (TPSA) is 26.3 Å². The fourth-order valence-electron chi connectivity index (χ4n) is 1.64. The standard InChI is InChI=1S/C15H13F15O2/c1-6(8(2,3)4)7(31)32-5-9(16,17)10(18,19)11(20,21)12(22,23)13(24,25)14(26,27)15(28,29)30/h1,5H2,2-4H3. The molecule has 0 N–H and O–H groups in total. The van der Waals surface area contributed by atoms with Crippen molar-refractivity contribution in [3.63, 3.8) is 0 Å². The van der Waals surface area contributed by atoms with Crippen LogP contribution in [-0.4, -0.2) is 54.3 Å². The summed E-state index contributed by atoms with van der Waals surface area (Å²) in [4.78, 5) is 11.4. The molecule has 0 amide bonds. The third kappa shape index (κ3) is 4.47. The van der Waals surface area contributed by atoms with Gasteiger partial charge in [0.2, 0.25) is 0 Å². The highest BCUT2D eigenvalue weighted by Crippen LogP contribution is 2.62. The molecule has 0 aromatic carbocycles. The van der Waals surface area contributed by atoms with Gasteiger partial charge in [-0.1, -0.05) is 27.4 Å². The summed E-state index contributed by atoms with van der Waals surface area (Å²) in [5.41, 5.74) is -2.01. The van der Waals surface area contributed by atoms with Crippen molar-refractivity contribution in [2.24, 2.45) is 5.41 Å². The zero-order valence-corrected chi connectivity index (χ0v) is 15.9. The van der Waals surface area contributed by atoms with E-state index in [2.05, 4.69) is 11.3 Å². The summed E-state index contributed by atoms with van der Waals surface area (Å²) in [6, 6.07) is 0. The molecule has 0 saturated carbocycles. The van der Waals surface area contributed by atoms with Crippen LogP contribution in [0.4, 0.5) is 65.9 Å². The molecule has 0 radical (unpaired) electrons. The largest absolute Gasteiger partial charge is 0.460 e. The van der Waals surface area contributed by atoms with Crippen molar-refractivity contribution < 1.29 is 75.4 Å². The molecule has 0 aromatic rings. The Labute approximate surface area is 169 Å². The van der Waals surface area contributed by atoms with Gasteiger partial charge in [0.25, 0.3) is 0 Å². The zero-order valence-electron chi connectivity index (χ0n) is 15.9. The van der Waals surface area contributed by atoms with Gasteiger partial charge in [-0.05, 0) is 5.41 Å². The predicted molar refractivity (Wildman–Crippen MR) is 75.3 cm³/mol. The monoisotopic (exact) mass is 510 g/mol. The summed E-state index contributed by atoms with van der Waals surface area (Å²) < 4.78 is 198. The molecule has 0 rings (SSSR count). The Hall–Kier alpha value is -1.84. The summed E-state index contributed by atoms with van der Waals surface area (Å²) in [6.45, 7) is 3.40. The maximum Gasteiger partial charge on any atom is 0.460 e. The summed E-state index contributed by atoms with van der Waals surface area (Å²) in [7, 11) is 0. The van der Waals surface area contributed by atoms with Gasteiger partial charge in [-0.3, -0.25) is 0 Å². The molecule has 0 aliphatic carbocycles. The van der Waals surface area contributed by atoms with Crippen LogP contribution in [0.5, 0.6) is 0 Å². The maximum atomic E-state index is 13.5. The average molecular weight is 510 g/mol. The lowest BCUT2D eigenvalue weighted by Crippen LogP contribution is -2.73. The molecule has 0 aliphatic heterocycles. The van der Waals surface area contributed by atoms with E-state index in [-0.39, 0.29) is 0 Å². The normalized spacial score (nSPS) is 15.6. The van der Waals surface area contributed by atoms with Crippen LogP contribution in [0.25, 0.3) is 0 Å². The molecule has 0 spiro atoms. The smallest absolute Gasteiger partial charge is 0.456 e. The molecule has 0 atom stereocenters. The van der Waals surface area contributed by atoms with Crippen LogP contribution >= 0.6 is 0 Å². The Morgan fingerprint density at radius 3 is 1.25 bits per heavy atom. The van der Waals surface area contributed by atoms with Gasteiger partial charge >= 0.3 is 47.7 Å². The Balaban J connectivity index is 6.21. The Morgan fingerprint density at radius 1 is 0.625 bits per heavy atom. The lowest BCUT2D eigenvalue weighted by Gasteiger charge is -2.41. The highest BCUT2D eigenvalue weighted by atomic mass is 19.4. The van der Waals surface area contributed by atoms with Crippen molar-refractivity contribution in [2.75, 3.05) is 6.61 Å². The number of esters is 1. The van der Waals surface area contributed by atoms with Crippen molar-refractivity contribution >= 4 is 5.97 Å². The Morgan fingerprint density at radius 2 is 0.938 bits per heavy atom. The predicted octanol–water partition coefficient (Wildman–Crippen LogP) is 6.51. The van der Waals surface area contributed by atoms with E-state index in [1.807, 2.05) is 0 Å². The molecule has 0 unspecified atom stereocenters. The lowest BCUT2D eigenvalue weighted by molar-refractivity contribution is -0.453. The first kappa shape index (κ1) is 30.2.